The van der Waals surface area contributed by atoms with E-state index in [1.165, 1.54) is 31.3 Å². The predicted molar refractivity (Wildman–Crippen MR) is 124 cm³/mol. The summed E-state index contributed by atoms with van der Waals surface area (Å²) in [7, 11) is 2.98. The minimum absolute atomic E-state index is 0.00235. The van der Waals surface area contributed by atoms with Crippen LogP contribution in [0.3, 0.4) is 0 Å². The molecule has 0 bridgehead atoms. The minimum atomic E-state index is -0.783. The molecule has 1 aliphatic rings. The summed E-state index contributed by atoms with van der Waals surface area (Å²) in [5, 5.41) is 20.9. The Morgan fingerprint density at radius 2 is 1.64 bits per heavy atom. The smallest absolute Gasteiger partial charge is 0.295 e. The van der Waals surface area contributed by atoms with E-state index in [0.717, 1.165) is 13.1 Å². The number of hydrogen-bond donors (Lipinski definition) is 2. The third kappa shape index (κ3) is 4.80. The summed E-state index contributed by atoms with van der Waals surface area (Å²) >= 11 is 0. The van der Waals surface area contributed by atoms with Crippen molar-refractivity contribution in [2.45, 2.75) is 19.9 Å². The maximum atomic E-state index is 13.1. The van der Waals surface area contributed by atoms with E-state index in [2.05, 4.69) is 4.90 Å². The predicted octanol–water partition coefficient (Wildman–Crippen LogP) is 3.17. The first kappa shape index (κ1) is 24.1. The SMILES string of the molecule is CCN(CC)CCN1C(=O)C(=O)C(=C(O)c2ccc(OC)c(OC)c2)[C@H]1c1ccc(O)cc1. The molecular weight excluding hydrogens is 424 g/mol. The molecule has 176 valence electrons. The highest BCUT2D eigenvalue weighted by Crippen LogP contribution is 2.40. The Kier molecular flexibility index (Phi) is 7.60. The maximum absolute atomic E-state index is 13.1. The lowest BCUT2D eigenvalue weighted by atomic mass is 9.95. The van der Waals surface area contributed by atoms with Crippen LogP contribution in [0.4, 0.5) is 0 Å². The zero-order valence-corrected chi connectivity index (χ0v) is 19.4. The summed E-state index contributed by atoms with van der Waals surface area (Å²) in [5.74, 6) is -0.777. The van der Waals surface area contributed by atoms with Gasteiger partial charge in [0, 0.05) is 18.7 Å². The van der Waals surface area contributed by atoms with Crippen LogP contribution in [-0.2, 0) is 9.59 Å². The monoisotopic (exact) mass is 454 g/mol. The van der Waals surface area contributed by atoms with E-state index in [1.807, 2.05) is 13.8 Å². The van der Waals surface area contributed by atoms with Gasteiger partial charge in [0.2, 0.25) is 0 Å². The summed E-state index contributed by atoms with van der Waals surface area (Å²) in [5.41, 5.74) is 0.948. The van der Waals surface area contributed by atoms with Gasteiger partial charge in [-0.3, -0.25) is 9.59 Å². The van der Waals surface area contributed by atoms with Crippen LogP contribution in [0.1, 0.15) is 31.0 Å². The lowest BCUT2D eigenvalue weighted by Crippen LogP contribution is -2.38. The van der Waals surface area contributed by atoms with Crippen molar-refractivity contribution >= 4 is 17.4 Å². The first-order valence-corrected chi connectivity index (χ1v) is 10.9. The molecule has 33 heavy (non-hydrogen) atoms. The van der Waals surface area contributed by atoms with Gasteiger partial charge >= 0.3 is 0 Å². The van der Waals surface area contributed by atoms with Crippen molar-refractivity contribution in [3.8, 4) is 17.2 Å². The number of nitrogens with zero attached hydrogens (tertiary/aromatic N) is 2. The first-order valence-electron chi connectivity index (χ1n) is 10.9. The number of carbonyl (C=O) groups is 2. The summed E-state index contributed by atoms with van der Waals surface area (Å²) in [4.78, 5) is 29.8. The molecule has 1 saturated heterocycles. The van der Waals surface area contributed by atoms with E-state index < -0.39 is 17.7 Å². The molecule has 2 aromatic carbocycles. The Morgan fingerprint density at radius 3 is 2.21 bits per heavy atom. The number of Topliss-reactive ketones (excluding diaryl/α,β-unsaturated/α-hetero) is 1. The van der Waals surface area contributed by atoms with Gasteiger partial charge in [0.1, 0.15) is 11.5 Å². The fourth-order valence-corrected chi connectivity index (χ4v) is 4.04. The second kappa shape index (κ2) is 10.4. The number of methoxy groups -OCH3 is 2. The molecule has 0 aromatic heterocycles. The lowest BCUT2D eigenvalue weighted by molar-refractivity contribution is -0.140. The average Bonchev–Trinajstić information content (AvgIpc) is 3.09. The first-order chi connectivity index (χ1) is 15.9. The number of likely N-dealkylation sites (N-methyl/N-ethyl adjacent to an activating group) is 1. The largest absolute Gasteiger partial charge is 0.508 e. The van der Waals surface area contributed by atoms with Gasteiger partial charge in [-0.05, 0) is 49.0 Å². The van der Waals surface area contributed by atoms with E-state index in [9.17, 15) is 19.8 Å². The molecule has 8 nitrogen and oxygen atoms in total. The van der Waals surface area contributed by atoms with Crippen LogP contribution in [0, 0.1) is 0 Å². The summed E-state index contributed by atoms with van der Waals surface area (Å²) in [6.45, 7) is 6.61. The molecule has 0 unspecified atom stereocenters. The van der Waals surface area contributed by atoms with Crippen molar-refractivity contribution < 1.29 is 29.3 Å². The molecule has 1 aliphatic heterocycles. The van der Waals surface area contributed by atoms with Gasteiger partial charge in [-0.1, -0.05) is 26.0 Å². The van der Waals surface area contributed by atoms with Gasteiger partial charge in [-0.2, -0.15) is 0 Å². The van der Waals surface area contributed by atoms with E-state index >= 15 is 0 Å². The molecule has 2 N–H and O–H groups in total. The molecule has 2 aromatic rings. The molecule has 0 radical (unpaired) electrons. The number of hydrogen-bond acceptors (Lipinski definition) is 7. The highest BCUT2D eigenvalue weighted by atomic mass is 16.5. The topological polar surface area (TPSA) is 99.5 Å². The number of rotatable bonds is 9. The van der Waals surface area contributed by atoms with Gasteiger partial charge in [0.05, 0.1) is 25.8 Å². The van der Waals surface area contributed by atoms with Crippen LogP contribution in [0.15, 0.2) is 48.0 Å². The van der Waals surface area contributed by atoms with Crippen molar-refractivity contribution in [2.75, 3.05) is 40.4 Å². The number of likely N-dealkylation sites (tertiary alicyclic amines) is 1. The molecule has 0 spiro atoms. The molecule has 3 rings (SSSR count). The molecule has 1 fully saturated rings. The number of phenolic OH excluding ortho intramolecular Hbond substituents is 1. The summed E-state index contributed by atoms with van der Waals surface area (Å²) < 4.78 is 10.6. The van der Waals surface area contributed by atoms with Crippen LogP contribution in [0.2, 0.25) is 0 Å². The van der Waals surface area contributed by atoms with Crippen molar-refractivity contribution in [1.82, 2.24) is 9.80 Å². The minimum Gasteiger partial charge on any atom is -0.508 e. The fraction of sp³-hybridized carbons (Fsp3) is 0.360. The summed E-state index contributed by atoms with van der Waals surface area (Å²) in [6, 6.07) is 10.3. The quantitative estimate of drug-likeness (QED) is 0.341. The van der Waals surface area contributed by atoms with Crippen molar-refractivity contribution in [3.05, 3.63) is 59.2 Å². The van der Waals surface area contributed by atoms with Crippen LogP contribution in [0.5, 0.6) is 17.2 Å². The number of carbonyl (C=O) groups excluding carboxylic acids is 2. The Hall–Kier alpha value is -3.52. The Labute approximate surface area is 193 Å². The molecule has 0 saturated carbocycles. The van der Waals surface area contributed by atoms with Crippen molar-refractivity contribution in [1.29, 1.82) is 0 Å². The Bertz CT molecular complexity index is 1040. The number of ether oxygens (including phenoxy) is 2. The second-order valence-corrected chi connectivity index (χ2v) is 7.68. The second-order valence-electron chi connectivity index (χ2n) is 7.68. The third-order valence-corrected chi connectivity index (χ3v) is 5.96. The number of amides is 1. The number of benzene rings is 2. The van der Waals surface area contributed by atoms with Crippen LogP contribution >= 0.6 is 0 Å². The standard InChI is InChI=1S/C25H30N2O6/c1-5-26(6-2)13-14-27-22(16-7-10-18(28)11-8-16)21(24(30)25(27)31)23(29)17-9-12-19(32-3)20(15-17)33-4/h7-12,15,22,28-29H,5-6,13-14H2,1-4H3/t22-/m1/s1. The van der Waals surface area contributed by atoms with Crippen molar-refractivity contribution in [3.63, 3.8) is 0 Å². The van der Waals surface area contributed by atoms with Crippen LogP contribution in [0.25, 0.3) is 5.76 Å². The van der Waals surface area contributed by atoms with Gasteiger partial charge < -0.3 is 29.5 Å². The van der Waals surface area contributed by atoms with Gasteiger partial charge in [0.25, 0.3) is 11.7 Å². The molecule has 0 aliphatic carbocycles. The normalized spacial score (nSPS) is 17.6. The number of aliphatic hydroxyl groups is 1. The Morgan fingerprint density at radius 1 is 1.00 bits per heavy atom. The average molecular weight is 455 g/mol. The third-order valence-electron chi connectivity index (χ3n) is 5.96. The van der Waals surface area contributed by atoms with Gasteiger partial charge in [-0.15, -0.1) is 0 Å². The number of phenols is 1. The van der Waals surface area contributed by atoms with E-state index in [-0.39, 0.29) is 17.1 Å². The molecule has 8 heteroatoms. The molecular formula is C25H30N2O6. The highest BCUT2D eigenvalue weighted by Gasteiger charge is 2.46. The van der Waals surface area contributed by atoms with Crippen LogP contribution in [-0.4, -0.2) is 72.1 Å². The van der Waals surface area contributed by atoms with E-state index in [4.69, 9.17) is 9.47 Å². The van der Waals surface area contributed by atoms with Crippen molar-refractivity contribution in [2.24, 2.45) is 0 Å². The molecule has 1 heterocycles. The summed E-state index contributed by atoms with van der Waals surface area (Å²) in [6.07, 6.45) is 0. The number of ketones is 1. The molecule has 1 atom stereocenters. The number of aromatic hydroxyl groups is 1. The van der Waals surface area contributed by atoms with Crippen LogP contribution < -0.4 is 9.47 Å². The molecule has 1 amide bonds. The zero-order chi connectivity index (χ0) is 24.1. The zero-order valence-electron chi connectivity index (χ0n) is 19.4. The van der Waals surface area contributed by atoms with Gasteiger partial charge in [-0.25, -0.2) is 0 Å². The van der Waals surface area contributed by atoms with Gasteiger partial charge in [0.15, 0.2) is 11.5 Å². The Balaban J connectivity index is 2.12. The fourth-order valence-electron chi connectivity index (χ4n) is 4.04. The van der Waals surface area contributed by atoms with E-state index in [0.29, 0.717) is 35.7 Å². The maximum Gasteiger partial charge on any atom is 0.295 e. The number of aliphatic hydroxyl groups excluding tert-OH is 1. The highest BCUT2D eigenvalue weighted by molar-refractivity contribution is 6.46. The van der Waals surface area contributed by atoms with E-state index in [1.54, 1.807) is 30.3 Å². The lowest BCUT2D eigenvalue weighted by Gasteiger charge is -2.28.